The van der Waals surface area contributed by atoms with Crippen molar-refractivity contribution in [3.05, 3.63) is 34.9 Å². The Morgan fingerprint density at radius 1 is 1.30 bits per heavy atom. The fraction of sp³-hybridized carbons (Fsp3) is 0.556. The minimum absolute atomic E-state index is 0.0294. The smallest absolute Gasteiger partial charge is 0.269 e. The average molecular weight is 335 g/mol. The summed E-state index contributed by atoms with van der Waals surface area (Å²) in [5.41, 5.74) is 0.654. The number of hydrogen-bond donors (Lipinski definition) is 0. The lowest BCUT2D eigenvalue weighted by Crippen LogP contribution is -2.52. The molecule has 3 atom stereocenters. The van der Waals surface area contributed by atoms with Gasteiger partial charge in [-0.05, 0) is 31.2 Å². The summed E-state index contributed by atoms with van der Waals surface area (Å²) in [6.07, 6.45) is 1.62. The van der Waals surface area contributed by atoms with Crippen molar-refractivity contribution in [2.24, 2.45) is 17.0 Å². The fourth-order valence-electron chi connectivity index (χ4n) is 3.66. The van der Waals surface area contributed by atoms with Gasteiger partial charge in [-0.25, -0.2) is 0 Å². The Bertz CT molecular complexity index is 636. The molecule has 23 heavy (non-hydrogen) atoms. The Hall–Kier alpha value is -1.55. The largest absolute Gasteiger partial charge is 0.379 e. The van der Waals surface area contributed by atoms with Crippen LogP contribution in [-0.4, -0.2) is 35.2 Å². The molecule has 3 rings (SSSR count). The van der Waals surface area contributed by atoms with Gasteiger partial charge in [-0.3, -0.25) is 4.79 Å². The molecular weight excluding hydrogens is 312 g/mol. The predicted octanol–water partition coefficient (Wildman–Crippen LogP) is 3.73. The highest BCUT2D eigenvalue weighted by Gasteiger charge is 2.46. The predicted molar refractivity (Wildman–Crippen MR) is 91.6 cm³/mol. The summed E-state index contributed by atoms with van der Waals surface area (Å²) in [5, 5.41) is 4.79. The molecule has 2 heterocycles. The normalized spacial score (nSPS) is 30.8. The number of likely N-dealkylation sites (tertiary alicyclic amines) is 1. The number of amides is 1. The van der Waals surface area contributed by atoms with Crippen LogP contribution in [0.5, 0.6) is 0 Å². The third-order valence-electron chi connectivity index (χ3n) is 4.66. The number of hydrogen-bond acceptors (Lipinski definition) is 3. The van der Waals surface area contributed by atoms with Gasteiger partial charge in [0.15, 0.2) is 0 Å². The van der Waals surface area contributed by atoms with Crippen molar-refractivity contribution in [3.63, 3.8) is 0 Å². The fourth-order valence-corrected chi connectivity index (χ4v) is 3.90. The van der Waals surface area contributed by atoms with E-state index in [4.69, 9.17) is 16.4 Å². The second kappa shape index (κ2) is 6.16. The van der Waals surface area contributed by atoms with Crippen molar-refractivity contribution < 1.29 is 9.63 Å². The third kappa shape index (κ3) is 3.23. The summed E-state index contributed by atoms with van der Waals surface area (Å²) >= 11 is 6.23. The van der Waals surface area contributed by atoms with E-state index in [2.05, 4.69) is 19.0 Å². The zero-order valence-electron chi connectivity index (χ0n) is 13.9. The minimum atomic E-state index is -0.925. The van der Waals surface area contributed by atoms with E-state index in [9.17, 15) is 4.79 Å². The second-order valence-electron chi connectivity index (χ2n) is 7.17. The quantitative estimate of drug-likeness (QED) is 0.827. The van der Waals surface area contributed by atoms with Crippen LogP contribution in [0.3, 0.4) is 0 Å². The summed E-state index contributed by atoms with van der Waals surface area (Å²) in [7, 11) is 0. The Morgan fingerprint density at radius 3 is 2.61 bits per heavy atom. The van der Waals surface area contributed by atoms with Gasteiger partial charge in [0.05, 0.1) is 5.71 Å². The molecule has 0 saturated carbocycles. The molecule has 1 aromatic carbocycles. The van der Waals surface area contributed by atoms with E-state index < -0.39 is 5.60 Å². The number of carbonyl (C=O) groups excluding carboxylic acids is 1. The highest BCUT2D eigenvalue weighted by Crippen LogP contribution is 2.32. The van der Waals surface area contributed by atoms with Crippen LogP contribution in [0.2, 0.25) is 5.02 Å². The lowest BCUT2D eigenvalue weighted by atomic mass is 9.89. The van der Waals surface area contributed by atoms with Crippen molar-refractivity contribution >= 4 is 23.2 Å². The maximum Gasteiger partial charge on any atom is 0.269 e. The van der Waals surface area contributed by atoms with E-state index in [0.29, 0.717) is 23.3 Å². The summed E-state index contributed by atoms with van der Waals surface area (Å²) in [5.74, 6) is 1.08. The number of oxime groups is 1. The van der Waals surface area contributed by atoms with Crippen molar-refractivity contribution in [2.45, 2.75) is 39.2 Å². The molecule has 2 aliphatic heterocycles. The molecule has 0 aliphatic carbocycles. The maximum absolute atomic E-state index is 13.0. The standard InChI is InChI=1S/C18H23ClN2O2/c1-12-8-13(2)11-21(10-12)17(22)18(3)9-16(20-23-18)14-6-4-5-7-15(14)19/h4-7,12-13H,8-11H2,1-3H3/t12-,13-,18+/m1/s1. The molecule has 1 fully saturated rings. The van der Waals surface area contributed by atoms with Gasteiger partial charge in [0.1, 0.15) is 0 Å². The first kappa shape index (κ1) is 16.3. The number of benzene rings is 1. The molecule has 1 amide bonds. The molecule has 1 saturated heterocycles. The van der Waals surface area contributed by atoms with Gasteiger partial charge >= 0.3 is 0 Å². The number of piperidine rings is 1. The van der Waals surface area contributed by atoms with Crippen LogP contribution in [0.4, 0.5) is 0 Å². The number of carbonyl (C=O) groups is 1. The lowest BCUT2D eigenvalue weighted by Gasteiger charge is -2.38. The number of halogens is 1. The minimum Gasteiger partial charge on any atom is -0.379 e. The summed E-state index contributed by atoms with van der Waals surface area (Å²) in [6.45, 7) is 7.80. The Morgan fingerprint density at radius 2 is 1.96 bits per heavy atom. The van der Waals surface area contributed by atoms with Gasteiger partial charge in [-0.1, -0.05) is 48.8 Å². The van der Waals surface area contributed by atoms with E-state index in [1.807, 2.05) is 36.1 Å². The van der Waals surface area contributed by atoms with Gasteiger partial charge in [-0.15, -0.1) is 0 Å². The van der Waals surface area contributed by atoms with Gasteiger partial charge in [0.2, 0.25) is 5.60 Å². The zero-order chi connectivity index (χ0) is 16.6. The van der Waals surface area contributed by atoms with Gasteiger partial charge < -0.3 is 9.74 Å². The SMILES string of the molecule is C[C@@H]1C[C@@H](C)CN(C(=O)[C@]2(C)CC(c3ccccc3Cl)=NO2)C1. The van der Waals surface area contributed by atoms with Crippen LogP contribution in [0.1, 0.15) is 39.2 Å². The topological polar surface area (TPSA) is 41.9 Å². The first-order valence-corrected chi connectivity index (χ1v) is 8.56. The number of rotatable bonds is 2. The first-order valence-electron chi connectivity index (χ1n) is 8.18. The highest BCUT2D eigenvalue weighted by molar-refractivity contribution is 6.34. The van der Waals surface area contributed by atoms with E-state index in [-0.39, 0.29) is 5.91 Å². The van der Waals surface area contributed by atoms with Crippen LogP contribution in [0.15, 0.2) is 29.4 Å². The van der Waals surface area contributed by atoms with Crippen LogP contribution in [0.25, 0.3) is 0 Å². The molecule has 5 heteroatoms. The van der Waals surface area contributed by atoms with Crippen molar-refractivity contribution in [1.82, 2.24) is 4.90 Å². The van der Waals surface area contributed by atoms with E-state index in [1.165, 1.54) is 6.42 Å². The molecule has 4 nitrogen and oxygen atoms in total. The first-order chi connectivity index (χ1) is 10.9. The molecule has 0 spiro atoms. The summed E-state index contributed by atoms with van der Waals surface area (Å²) < 4.78 is 0. The molecule has 124 valence electrons. The second-order valence-corrected chi connectivity index (χ2v) is 7.58. The molecule has 0 radical (unpaired) electrons. The molecule has 0 unspecified atom stereocenters. The number of nitrogens with zero attached hydrogens (tertiary/aromatic N) is 2. The van der Waals surface area contributed by atoms with E-state index >= 15 is 0 Å². The van der Waals surface area contributed by atoms with Crippen molar-refractivity contribution in [3.8, 4) is 0 Å². The summed E-state index contributed by atoms with van der Waals surface area (Å²) in [4.78, 5) is 20.5. The molecule has 0 N–H and O–H groups in total. The van der Waals surface area contributed by atoms with Gasteiger partial charge in [0.25, 0.3) is 5.91 Å². The van der Waals surface area contributed by atoms with Gasteiger partial charge in [0, 0.05) is 30.1 Å². The molecule has 0 bridgehead atoms. The Balaban J connectivity index is 1.75. The molecule has 0 aromatic heterocycles. The Kier molecular flexibility index (Phi) is 4.37. The molecule has 2 aliphatic rings. The monoisotopic (exact) mass is 334 g/mol. The van der Waals surface area contributed by atoms with Crippen LogP contribution >= 0.6 is 11.6 Å². The highest BCUT2D eigenvalue weighted by atomic mass is 35.5. The average Bonchev–Trinajstić information content (AvgIpc) is 2.89. The molecule has 1 aromatic rings. The van der Waals surface area contributed by atoms with E-state index in [0.717, 1.165) is 24.4 Å². The van der Waals surface area contributed by atoms with Crippen LogP contribution in [0, 0.1) is 11.8 Å². The maximum atomic E-state index is 13.0. The van der Waals surface area contributed by atoms with E-state index in [1.54, 1.807) is 0 Å². The van der Waals surface area contributed by atoms with Crippen LogP contribution in [-0.2, 0) is 9.63 Å². The molecular formula is C18H23ClN2O2. The Labute approximate surface area is 142 Å². The lowest BCUT2D eigenvalue weighted by molar-refractivity contribution is -0.156. The third-order valence-corrected chi connectivity index (χ3v) is 4.98. The van der Waals surface area contributed by atoms with Gasteiger partial charge in [-0.2, -0.15) is 0 Å². The summed E-state index contributed by atoms with van der Waals surface area (Å²) in [6, 6.07) is 7.52. The van der Waals surface area contributed by atoms with Crippen molar-refractivity contribution in [2.75, 3.05) is 13.1 Å². The van der Waals surface area contributed by atoms with Crippen LogP contribution < -0.4 is 0 Å². The zero-order valence-corrected chi connectivity index (χ0v) is 14.6. The van der Waals surface area contributed by atoms with Crippen molar-refractivity contribution in [1.29, 1.82) is 0 Å².